The molecule has 2 aliphatic carbocycles. The number of amides is 1. The molecule has 6 nitrogen and oxygen atoms in total. The van der Waals surface area contributed by atoms with Crippen LogP contribution in [-0.2, 0) is 27.9 Å². The molecular weight excluding hydrogens is 481 g/mol. The van der Waals surface area contributed by atoms with E-state index < -0.39 is 5.97 Å². The van der Waals surface area contributed by atoms with Gasteiger partial charge in [0, 0.05) is 35.5 Å². The van der Waals surface area contributed by atoms with Gasteiger partial charge in [-0.1, -0.05) is 36.8 Å². The molecule has 3 unspecified atom stereocenters. The highest BCUT2D eigenvalue weighted by Gasteiger charge is 2.44. The highest BCUT2D eigenvalue weighted by atomic mass is 19.1. The van der Waals surface area contributed by atoms with Crippen LogP contribution in [0.1, 0.15) is 36.8 Å². The molecule has 194 valence electrons. The predicted molar refractivity (Wildman–Crippen MR) is 146 cm³/mol. The van der Waals surface area contributed by atoms with E-state index in [1.807, 2.05) is 53.4 Å². The van der Waals surface area contributed by atoms with E-state index >= 15 is 4.39 Å². The lowest BCUT2D eigenvalue weighted by atomic mass is 9.87. The van der Waals surface area contributed by atoms with Crippen molar-refractivity contribution < 1.29 is 18.7 Å². The molecule has 7 heteroatoms. The number of benzene rings is 3. The molecule has 4 aromatic rings. The third kappa shape index (κ3) is 4.26. The summed E-state index contributed by atoms with van der Waals surface area (Å²) < 4.78 is 22.2. The Bertz CT molecular complexity index is 1590. The van der Waals surface area contributed by atoms with Crippen LogP contribution in [0.5, 0.6) is 0 Å². The van der Waals surface area contributed by atoms with Gasteiger partial charge in [0.1, 0.15) is 5.52 Å². The van der Waals surface area contributed by atoms with E-state index in [9.17, 15) is 9.59 Å². The Morgan fingerprint density at radius 3 is 2.74 bits per heavy atom. The first-order valence-electron chi connectivity index (χ1n) is 13.1. The second-order valence-corrected chi connectivity index (χ2v) is 10.6. The predicted octanol–water partition coefficient (Wildman–Crippen LogP) is 6.02. The SMILES string of the molecule is COC(=O)C=Cc1cccc(N(Cc2cccc3cc4cnn(C)c4c(F)c23)C(=O)C2CC3CCC2C3)c1. The molecule has 2 saturated carbocycles. The average Bonchev–Trinajstić information content (AvgIpc) is 3.66. The summed E-state index contributed by atoms with van der Waals surface area (Å²) in [5.74, 6) is 0.333. The van der Waals surface area contributed by atoms with Crippen molar-refractivity contribution in [3.05, 3.63) is 77.7 Å². The lowest BCUT2D eigenvalue weighted by Crippen LogP contribution is -2.38. The van der Waals surface area contributed by atoms with E-state index in [0.29, 0.717) is 22.7 Å². The van der Waals surface area contributed by atoms with Crippen molar-refractivity contribution >= 4 is 45.3 Å². The number of nitrogens with zero attached hydrogens (tertiary/aromatic N) is 3. The summed E-state index contributed by atoms with van der Waals surface area (Å²) in [6.45, 7) is 0.245. The summed E-state index contributed by atoms with van der Waals surface area (Å²) in [7, 11) is 3.07. The molecule has 3 aromatic carbocycles. The third-order valence-electron chi connectivity index (χ3n) is 8.33. The summed E-state index contributed by atoms with van der Waals surface area (Å²) in [4.78, 5) is 27.6. The Morgan fingerprint density at radius 1 is 1.13 bits per heavy atom. The van der Waals surface area contributed by atoms with Gasteiger partial charge in [-0.15, -0.1) is 0 Å². The van der Waals surface area contributed by atoms with E-state index in [1.165, 1.54) is 19.6 Å². The number of esters is 1. The van der Waals surface area contributed by atoms with Gasteiger partial charge in [-0.25, -0.2) is 9.18 Å². The van der Waals surface area contributed by atoms with Crippen molar-refractivity contribution in [2.45, 2.75) is 32.2 Å². The average molecular weight is 512 g/mol. The van der Waals surface area contributed by atoms with Crippen LogP contribution in [0, 0.1) is 23.6 Å². The molecule has 2 bridgehead atoms. The van der Waals surface area contributed by atoms with E-state index in [1.54, 1.807) is 24.0 Å². The zero-order chi connectivity index (χ0) is 26.4. The van der Waals surface area contributed by atoms with Crippen LogP contribution in [0.25, 0.3) is 27.8 Å². The van der Waals surface area contributed by atoms with Crippen LogP contribution in [-0.4, -0.2) is 28.8 Å². The van der Waals surface area contributed by atoms with Gasteiger partial charge in [-0.05, 0) is 71.9 Å². The van der Waals surface area contributed by atoms with Gasteiger partial charge in [-0.3, -0.25) is 9.48 Å². The van der Waals surface area contributed by atoms with Crippen LogP contribution >= 0.6 is 0 Å². The normalized spacial score (nSPS) is 20.6. The second kappa shape index (κ2) is 9.71. The van der Waals surface area contributed by atoms with Gasteiger partial charge in [0.2, 0.25) is 5.91 Å². The van der Waals surface area contributed by atoms with Crippen molar-refractivity contribution in [2.75, 3.05) is 12.0 Å². The molecule has 1 heterocycles. The summed E-state index contributed by atoms with van der Waals surface area (Å²) in [6.07, 6.45) is 9.04. The first kappa shape index (κ1) is 24.3. The molecular formula is C31H30FN3O3. The fraction of sp³-hybridized carbons (Fsp3) is 0.323. The molecule has 0 N–H and O–H groups in total. The molecule has 38 heavy (non-hydrogen) atoms. The summed E-state index contributed by atoms with van der Waals surface area (Å²) in [6, 6.07) is 15.2. The number of carbonyl (C=O) groups is 2. The highest BCUT2D eigenvalue weighted by molar-refractivity contribution is 6.01. The van der Waals surface area contributed by atoms with Gasteiger partial charge < -0.3 is 9.64 Å². The lowest BCUT2D eigenvalue weighted by Gasteiger charge is -2.30. The third-order valence-corrected chi connectivity index (χ3v) is 8.33. The number of methoxy groups -OCH3 is 1. The minimum absolute atomic E-state index is 0.0216. The zero-order valence-corrected chi connectivity index (χ0v) is 21.6. The Morgan fingerprint density at radius 2 is 1.97 bits per heavy atom. The molecule has 0 spiro atoms. The highest BCUT2D eigenvalue weighted by Crippen LogP contribution is 2.49. The number of fused-ring (bicyclic) bond motifs is 4. The van der Waals surface area contributed by atoms with Crippen LogP contribution < -0.4 is 4.90 Å². The van der Waals surface area contributed by atoms with Crippen molar-refractivity contribution in [3.63, 3.8) is 0 Å². The second-order valence-electron chi connectivity index (χ2n) is 10.6. The Labute approximate surface area is 220 Å². The van der Waals surface area contributed by atoms with Gasteiger partial charge in [-0.2, -0.15) is 5.10 Å². The van der Waals surface area contributed by atoms with E-state index in [2.05, 4.69) is 5.10 Å². The molecule has 0 aliphatic heterocycles. The van der Waals surface area contributed by atoms with Crippen molar-refractivity contribution in [2.24, 2.45) is 24.8 Å². The zero-order valence-electron chi connectivity index (χ0n) is 21.6. The topological polar surface area (TPSA) is 64.4 Å². The minimum atomic E-state index is -0.446. The fourth-order valence-electron chi connectivity index (χ4n) is 6.50. The number of hydrogen-bond acceptors (Lipinski definition) is 4. The first-order chi connectivity index (χ1) is 18.4. The number of carbonyl (C=O) groups excluding carboxylic acids is 2. The van der Waals surface area contributed by atoms with E-state index in [-0.39, 0.29) is 24.2 Å². The number of hydrogen-bond donors (Lipinski definition) is 0. The maximum absolute atomic E-state index is 16.0. The van der Waals surface area contributed by atoms with Crippen LogP contribution in [0.4, 0.5) is 10.1 Å². The molecule has 1 aromatic heterocycles. The molecule has 2 fully saturated rings. The molecule has 2 aliphatic rings. The van der Waals surface area contributed by atoms with Crippen LogP contribution in [0.3, 0.4) is 0 Å². The quantitative estimate of drug-likeness (QED) is 0.235. The minimum Gasteiger partial charge on any atom is -0.466 e. The van der Waals surface area contributed by atoms with Gasteiger partial charge >= 0.3 is 5.97 Å². The molecule has 3 atom stereocenters. The Hall–Kier alpha value is -4.00. The van der Waals surface area contributed by atoms with Crippen molar-refractivity contribution in [1.29, 1.82) is 0 Å². The number of aromatic nitrogens is 2. The monoisotopic (exact) mass is 511 g/mol. The molecule has 6 rings (SSSR count). The van der Waals surface area contributed by atoms with Crippen LogP contribution in [0.15, 0.2) is 60.8 Å². The number of anilines is 1. The lowest BCUT2D eigenvalue weighted by molar-refractivity contribution is -0.134. The van der Waals surface area contributed by atoms with E-state index in [0.717, 1.165) is 46.8 Å². The maximum Gasteiger partial charge on any atom is 0.330 e. The van der Waals surface area contributed by atoms with Crippen molar-refractivity contribution in [1.82, 2.24) is 9.78 Å². The summed E-state index contributed by atoms with van der Waals surface area (Å²) in [5.41, 5.74) is 2.70. The Balaban J connectivity index is 1.43. The number of halogens is 1. The standard InChI is InChI=1S/C31H30FN3O3/c1-34-30-24(17-33-34)16-22-6-4-7-23(28(22)29(30)32)18-35(31(37)26-15-20-9-11-21(26)13-20)25-8-3-5-19(14-25)10-12-27(36)38-2/h3-8,10,12,14,16-17,20-21,26H,9,11,13,15,18H2,1-2H3. The summed E-state index contributed by atoms with van der Waals surface area (Å²) in [5, 5.41) is 6.27. The van der Waals surface area contributed by atoms with Crippen molar-refractivity contribution in [3.8, 4) is 0 Å². The smallest absolute Gasteiger partial charge is 0.330 e. The molecule has 0 radical (unpaired) electrons. The van der Waals surface area contributed by atoms with Gasteiger partial charge in [0.05, 0.1) is 19.9 Å². The maximum atomic E-state index is 16.0. The van der Waals surface area contributed by atoms with Crippen LogP contribution in [0.2, 0.25) is 0 Å². The number of rotatable bonds is 6. The first-order valence-corrected chi connectivity index (χ1v) is 13.1. The van der Waals surface area contributed by atoms with Gasteiger partial charge in [0.15, 0.2) is 5.82 Å². The fourth-order valence-corrected chi connectivity index (χ4v) is 6.50. The Kier molecular flexibility index (Phi) is 6.22. The van der Waals surface area contributed by atoms with Gasteiger partial charge in [0.25, 0.3) is 0 Å². The molecule has 0 saturated heterocycles. The number of ether oxygens (including phenoxy) is 1. The molecule has 1 amide bonds. The largest absolute Gasteiger partial charge is 0.466 e. The van der Waals surface area contributed by atoms with E-state index in [4.69, 9.17) is 4.74 Å². The number of aryl methyl sites for hydroxylation is 1. The summed E-state index contributed by atoms with van der Waals surface area (Å²) >= 11 is 0.